The molecule has 146 valence electrons. The molecule has 1 heterocycles. The van der Waals surface area contributed by atoms with Gasteiger partial charge < -0.3 is 20.5 Å². The van der Waals surface area contributed by atoms with E-state index in [-0.39, 0.29) is 30.7 Å². The van der Waals surface area contributed by atoms with Gasteiger partial charge in [0.25, 0.3) is 5.91 Å². The van der Waals surface area contributed by atoms with Gasteiger partial charge in [0.05, 0.1) is 19.9 Å². The number of amides is 1. The Kier molecular flexibility index (Phi) is 9.38. The summed E-state index contributed by atoms with van der Waals surface area (Å²) in [6.45, 7) is 5.96. The average molecular weight is 422 g/mol. The second-order valence-corrected chi connectivity index (χ2v) is 7.04. The Labute approximate surface area is 170 Å². The molecule has 2 rings (SSSR count). The normalized spacial score (nSPS) is 10.4. The molecule has 3 N–H and O–H groups in total. The third-order valence-corrected chi connectivity index (χ3v) is 4.80. The van der Waals surface area contributed by atoms with E-state index in [2.05, 4.69) is 10.3 Å². The molecule has 0 atom stereocenters. The molecule has 0 aliphatic heterocycles. The molecule has 0 aliphatic carbocycles. The van der Waals surface area contributed by atoms with E-state index in [0.717, 1.165) is 10.6 Å². The highest BCUT2D eigenvalue weighted by atomic mass is 35.5. The van der Waals surface area contributed by atoms with Crippen LogP contribution in [-0.4, -0.2) is 37.2 Å². The first-order valence-corrected chi connectivity index (χ1v) is 8.35. The van der Waals surface area contributed by atoms with Crippen LogP contribution in [0.25, 0.3) is 10.6 Å². The average Bonchev–Trinajstić information content (AvgIpc) is 2.95. The van der Waals surface area contributed by atoms with E-state index in [4.69, 9.17) is 15.2 Å². The molecule has 1 amide bonds. The highest BCUT2D eigenvalue weighted by Gasteiger charge is 2.23. The van der Waals surface area contributed by atoms with Crippen LogP contribution in [0.2, 0.25) is 0 Å². The summed E-state index contributed by atoms with van der Waals surface area (Å²) in [5.74, 6) is 1.11. The quantitative estimate of drug-likeness (QED) is 0.745. The van der Waals surface area contributed by atoms with Crippen LogP contribution < -0.4 is 20.5 Å². The van der Waals surface area contributed by atoms with E-state index < -0.39 is 5.54 Å². The summed E-state index contributed by atoms with van der Waals surface area (Å²) in [6.07, 6.45) is 0. The van der Waals surface area contributed by atoms with E-state index in [1.54, 1.807) is 14.2 Å². The second-order valence-electron chi connectivity index (χ2n) is 6.05. The van der Waals surface area contributed by atoms with Crippen molar-refractivity contribution in [3.05, 3.63) is 28.8 Å². The molecule has 0 fully saturated rings. The summed E-state index contributed by atoms with van der Waals surface area (Å²) >= 11 is 1.34. The number of hydrogen-bond donors (Lipinski definition) is 2. The lowest BCUT2D eigenvalue weighted by Crippen LogP contribution is -2.48. The van der Waals surface area contributed by atoms with Crippen LogP contribution in [-0.2, 0) is 0 Å². The van der Waals surface area contributed by atoms with Gasteiger partial charge in [-0.05, 0) is 39.0 Å². The van der Waals surface area contributed by atoms with Gasteiger partial charge in [0.15, 0.2) is 11.5 Å². The van der Waals surface area contributed by atoms with Gasteiger partial charge in [0.1, 0.15) is 9.88 Å². The topological polar surface area (TPSA) is 86.5 Å². The monoisotopic (exact) mass is 421 g/mol. The van der Waals surface area contributed by atoms with Gasteiger partial charge in [0.2, 0.25) is 0 Å². The van der Waals surface area contributed by atoms with Gasteiger partial charge in [-0.2, -0.15) is 0 Å². The van der Waals surface area contributed by atoms with Crippen molar-refractivity contribution in [1.29, 1.82) is 0 Å². The molecule has 26 heavy (non-hydrogen) atoms. The number of carbonyl (C=O) groups is 1. The third kappa shape index (κ3) is 5.48. The maximum Gasteiger partial charge on any atom is 0.263 e. The first kappa shape index (κ1) is 24.5. The molecule has 0 bridgehead atoms. The molecule has 0 unspecified atom stereocenters. The Balaban J connectivity index is 0.00000312. The molecule has 9 heteroatoms. The van der Waals surface area contributed by atoms with Crippen molar-refractivity contribution in [3.8, 4) is 22.1 Å². The van der Waals surface area contributed by atoms with Crippen LogP contribution in [0.15, 0.2) is 18.2 Å². The van der Waals surface area contributed by atoms with Gasteiger partial charge in [0, 0.05) is 17.6 Å². The van der Waals surface area contributed by atoms with E-state index in [1.165, 1.54) is 11.3 Å². The fourth-order valence-corrected chi connectivity index (χ4v) is 3.07. The number of ether oxygens (including phenoxy) is 2. The Morgan fingerprint density at radius 1 is 1.23 bits per heavy atom. The number of nitrogens with zero attached hydrogens (tertiary/aromatic N) is 1. The molecule has 2 aromatic rings. The maximum atomic E-state index is 12.5. The van der Waals surface area contributed by atoms with Crippen LogP contribution in [0.3, 0.4) is 0 Å². The van der Waals surface area contributed by atoms with Gasteiger partial charge in [-0.3, -0.25) is 4.79 Å². The number of aromatic nitrogens is 1. The Bertz CT molecular complexity index is 751. The molecule has 6 nitrogen and oxygen atoms in total. The van der Waals surface area contributed by atoms with Crippen molar-refractivity contribution in [3.63, 3.8) is 0 Å². The van der Waals surface area contributed by atoms with E-state index in [9.17, 15) is 4.79 Å². The smallest absolute Gasteiger partial charge is 0.263 e. The number of halogens is 2. The van der Waals surface area contributed by atoms with E-state index in [0.29, 0.717) is 28.6 Å². The van der Waals surface area contributed by atoms with Crippen molar-refractivity contribution in [2.45, 2.75) is 26.3 Å². The summed E-state index contributed by atoms with van der Waals surface area (Å²) < 4.78 is 10.6. The number of thiazole rings is 1. The van der Waals surface area contributed by atoms with Crippen molar-refractivity contribution in [2.24, 2.45) is 5.73 Å². The molecular formula is C17H25Cl2N3O3S. The number of benzene rings is 1. The molecule has 0 aliphatic rings. The van der Waals surface area contributed by atoms with Crippen LogP contribution in [0.4, 0.5) is 0 Å². The Morgan fingerprint density at radius 3 is 2.38 bits per heavy atom. The van der Waals surface area contributed by atoms with Crippen molar-refractivity contribution in [1.82, 2.24) is 10.3 Å². The molecule has 0 saturated heterocycles. The van der Waals surface area contributed by atoms with Crippen LogP contribution in [0, 0.1) is 6.92 Å². The minimum Gasteiger partial charge on any atom is -0.493 e. The molecule has 0 spiro atoms. The number of aryl methyl sites for hydroxylation is 1. The first-order valence-electron chi connectivity index (χ1n) is 7.53. The predicted molar refractivity (Wildman–Crippen MR) is 110 cm³/mol. The number of hydrogen-bond acceptors (Lipinski definition) is 6. The second kappa shape index (κ2) is 9.97. The first-order chi connectivity index (χ1) is 11.3. The summed E-state index contributed by atoms with van der Waals surface area (Å²) in [5.41, 5.74) is 6.78. The lowest BCUT2D eigenvalue weighted by Gasteiger charge is -2.23. The van der Waals surface area contributed by atoms with Crippen LogP contribution in [0.1, 0.15) is 29.2 Å². The maximum absolute atomic E-state index is 12.5. The highest BCUT2D eigenvalue weighted by molar-refractivity contribution is 7.17. The zero-order valence-electron chi connectivity index (χ0n) is 15.4. The number of nitrogens with one attached hydrogen (secondary N) is 1. The lowest BCUT2D eigenvalue weighted by molar-refractivity contribution is 0.0919. The molecular weight excluding hydrogens is 397 g/mol. The predicted octanol–water partition coefficient (Wildman–Crippen LogP) is 3.45. The number of nitrogens with two attached hydrogens (primary N) is 1. The minimum atomic E-state index is -0.461. The zero-order valence-corrected chi connectivity index (χ0v) is 17.9. The van der Waals surface area contributed by atoms with Crippen molar-refractivity contribution in [2.75, 3.05) is 20.8 Å². The molecule has 1 aromatic carbocycles. The summed E-state index contributed by atoms with van der Waals surface area (Å²) in [5, 5.41) is 3.68. The van der Waals surface area contributed by atoms with Gasteiger partial charge in [-0.15, -0.1) is 36.2 Å². The number of carbonyl (C=O) groups excluding carboxylic acids is 1. The SMILES string of the molecule is COc1ccc(-c2nc(C)c(C(=O)NC(C)(C)CN)s2)cc1OC.Cl.Cl. The van der Waals surface area contributed by atoms with E-state index in [1.807, 2.05) is 39.0 Å². The molecule has 0 saturated carbocycles. The van der Waals surface area contributed by atoms with E-state index >= 15 is 0 Å². The number of rotatable bonds is 6. The minimum absolute atomic E-state index is 0. The lowest BCUT2D eigenvalue weighted by atomic mass is 10.1. The largest absolute Gasteiger partial charge is 0.493 e. The highest BCUT2D eigenvalue weighted by Crippen LogP contribution is 2.35. The standard InChI is InChI=1S/C17H23N3O3S.2ClH/c1-10-14(15(21)20-17(2,3)9-18)24-16(19-10)11-6-7-12(22-4)13(8-11)23-5;;/h6-8H,9,18H2,1-5H3,(H,20,21);2*1H. The summed E-state index contributed by atoms with van der Waals surface area (Å²) in [4.78, 5) is 17.6. The Hall–Kier alpha value is -1.54. The molecule has 0 radical (unpaired) electrons. The third-order valence-electron chi connectivity index (χ3n) is 3.60. The van der Waals surface area contributed by atoms with Gasteiger partial charge in [-0.25, -0.2) is 4.98 Å². The number of methoxy groups -OCH3 is 2. The molecule has 1 aromatic heterocycles. The zero-order chi connectivity index (χ0) is 17.9. The van der Waals surface area contributed by atoms with Crippen LogP contribution in [0.5, 0.6) is 11.5 Å². The fraction of sp³-hybridized carbons (Fsp3) is 0.412. The summed E-state index contributed by atoms with van der Waals surface area (Å²) in [7, 11) is 3.18. The van der Waals surface area contributed by atoms with Gasteiger partial charge in [-0.1, -0.05) is 0 Å². The summed E-state index contributed by atoms with van der Waals surface area (Å²) in [6, 6.07) is 5.57. The van der Waals surface area contributed by atoms with Crippen molar-refractivity contribution >= 4 is 42.1 Å². The van der Waals surface area contributed by atoms with Crippen LogP contribution >= 0.6 is 36.2 Å². The van der Waals surface area contributed by atoms with Crippen molar-refractivity contribution < 1.29 is 14.3 Å². The Morgan fingerprint density at radius 2 is 1.85 bits per heavy atom. The fourth-order valence-electron chi connectivity index (χ4n) is 2.11. The van der Waals surface area contributed by atoms with Gasteiger partial charge >= 0.3 is 0 Å².